The van der Waals surface area contributed by atoms with Crippen molar-refractivity contribution in [1.82, 2.24) is 14.5 Å². The lowest BCUT2D eigenvalue weighted by Crippen LogP contribution is -2.49. The van der Waals surface area contributed by atoms with Crippen LogP contribution in [-0.4, -0.2) is 55.8 Å². The SMILES string of the molecule is O=C(NC1CCN(S(=O)(=O)c2ccccc2)CC1)C1CCN(Cc2ccco2)CC1. The van der Waals surface area contributed by atoms with Crippen LogP contribution in [0.25, 0.3) is 0 Å². The molecule has 0 spiro atoms. The van der Waals surface area contributed by atoms with E-state index in [9.17, 15) is 13.2 Å². The maximum Gasteiger partial charge on any atom is 0.243 e. The molecule has 4 rings (SSSR count). The highest BCUT2D eigenvalue weighted by molar-refractivity contribution is 7.89. The van der Waals surface area contributed by atoms with E-state index in [0.717, 1.165) is 38.2 Å². The number of rotatable bonds is 6. The van der Waals surface area contributed by atoms with E-state index >= 15 is 0 Å². The first-order valence-electron chi connectivity index (χ1n) is 10.6. The molecular formula is C22H29N3O4S. The van der Waals surface area contributed by atoms with Gasteiger partial charge in [-0.2, -0.15) is 4.31 Å². The Balaban J connectivity index is 1.22. The van der Waals surface area contributed by atoms with Crippen molar-refractivity contribution in [3.63, 3.8) is 0 Å². The van der Waals surface area contributed by atoms with Crippen molar-refractivity contribution in [2.24, 2.45) is 5.92 Å². The molecule has 0 radical (unpaired) electrons. The largest absolute Gasteiger partial charge is 0.468 e. The number of likely N-dealkylation sites (tertiary alicyclic amines) is 1. The van der Waals surface area contributed by atoms with Gasteiger partial charge in [0.05, 0.1) is 17.7 Å². The fraction of sp³-hybridized carbons (Fsp3) is 0.500. The van der Waals surface area contributed by atoms with Crippen LogP contribution in [0, 0.1) is 5.92 Å². The van der Waals surface area contributed by atoms with Crippen molar-refractivity contribution in [3.05, 3.63) is 54.5 Å². The van der Waals surface area contributed by atoms with Crippen molar-refractivity contribution in [2.45, 2.75) is 43.2 Å². The first-order chi connectivity index (χ1) is 14.5. The number of carbonyl (C=O) groups excluding carboxylic acids is 1. The summed E-state index contributed by atoms with van der Waals surface area (Å²) in [6, 6.07) is 12.4. The Morgan fingerprint density at radius 1 is 0.967 bits per heavy atom. The number of carbonyl (C=O) groups is 1. The van der Waals surface area contributed by atoms with Crippen molar-refractivity contribution in [1.29, 1.82) is 0 Å². The van der Waals surface area contributed by atoms with E-state index in [1.807, 2.05) is 18.2 Å². The zero-order valence-corrected chi connectivity index (χ0v) is 17.9. The minimum atomic E-state index is -3.45. The van der Waals surface area contributed by atoms with Gasteiger partial charge in [-0.1, -0.05) is 18.2 Å². The summed E-state index contributed by atoms with van der Waals surface area (Å²) in [6.07, 6.45) is 4.66. The van der Waals surface area contributed by atoms with Gasteiger partial charge in [0.1, 0.15) is 5.76 Å². The third-order valence-corrected chi connectivity index (χ3v) is 8.01. The fourth-order valence-electron chi connectivity index (χ4n) is 4.28. The standard InChI is InChI=1S/C22H29N3O4S/c26-22(18-8-12-24(13-9-18)17-20-5-4-16-29-20)23-19-10-14-25(15-11-19)30(27,28)21-6-2-1-3-7-21/h1-7,16,18-19H,8-15,17H2,(H,23,26). The van der Waals surface area contributed by atoms with E-state index in [4.69, 9.17) is 4.42 Å². The van der Waals surface area contributed by atoms with Crippen LogP contribution in [0.15, 0.2) is 58.0 Å². The Labute approximate surface area is 178 Å². The van der Waals surface area contributed by atoms with E-state index in [0.29, 0.717) is 30.8 Å². The predicted octanol–water partition coefficient (Wildman–Crippen LogP) is 2.46. The Bertz CT molecular complexity index is 915. The van der Waals surface area contributed by atoms with Crippen molar-refractivity contribution in [3.8, 4) is 0 Å². The molecule has 0 atom stereocenters. The van der Waals surface area contributed by atoms with Crippen molar-refractivity contribution >= 4 is 15.9 Å². The minimum Gasteiger partial charge on any atom is -0.468 e. The molecule has 162 valence electrons. The number of sulfonamides is 1. The van der Waals surface area contributed by atoms with E-state index in [-0.39, 0.29) is 17.9 Å². The zero-order chi connectivity index (χ0) is 21.0. The number of nitrogens with zero attached hydrogens (tertiary/aromatic N) is 2. The quantitative estimate of drug-likeness (QED) is 0.760. The average molecular weight is 432 g/mol. The molecule has 30 heavy (non-hydrogen) atoms. The van der Waals surface area contributed by atoms with Gasteiger partial charge in [-0.05, 0) is 63.0 Å². The topological polar surface area (TPSA) is 82.9 Å². The lowest BCUT2D eigenvalue weighted by Gasteiger charge is -2.34. The molecule has 1 aromatic carbocycles. The molecule has 8 heteroatoms. The average Bonchev–Trinajstić information content (AvgIpc) is 3.28. The molecular weight excluding hydrogens is 402 g/mol. The molecule has 2 aliphatic heterocycles. The maximum atomic E-state index is 12.7. The minimum absolute atomic E-state index is 0.0314. The summed E-state index contributed by atoms with van der Waals surface area (Å²) in [5, 5.41) is 3.16. The van der Waals surface area contributed by atoms with Crippen LogP contribution >= 0.6 is 0 Å². The number of hydrogen-bond acceptors (Lipinski definition) is 5. The second kappa shape index (κ2) is 9.32. The van der Waals surface area contributed by atoms with Crippen LogP contribution in [0.5, 0.6) is 0 Å². The van der Waals surface area contributed by atoms with Gasteiger partial charge in [-0.3, -0.25) is 9.69 Å². The first-order valence-corrected chi connectivity index (χ1v) is 12.1. The summed E-state index contributed by atoms with van der Waals surface area (Å²) < 4.78 is 32.4. The van der Waals surface area contributed by atoms with E-state index < -0.39 is 10.0 Å². The summed E-state index contributed by atoms with van der Waals surface area (Å²) in [6.45, 7) is 3.42. The third-order valence-electron chi connectivity index (χ3n) is 6.10. The summed E-state index contributed by atoms with van der Waals surface area (Å²) in [7, 11) is -3.45. The number of hydrogen-bond donors (Lipinski definition) is 1. The molecule has 1 amide bonds. The molecule has 0 aliphatic carbocycles. The molecule has 2 saturated heterocycles. The second-order valence-electron chi connectivity index (χ2n) is 8.13. The maximum absolute atomic E-state index is 12.7. The Morgan fingerprint density at radius 2 is 1.67 bits per heavy atom. The molecule has 7 nitrogen and oxygen atoms in total. The van der Waals surface area contributed by atoms with Crippen LogP contribution in [0.2, 0.25) is 0 Å². The van der Waals surface area contributed by atoms with Gasteiger partial charge >= 0.3 is 0 Å². The summed E-state index contributed by atoms with van der Waals surface area (Å²) >= 11 is 0. The van der Waals surface area contributed by atoms with Crippen molar-refractivity contribution < 1.29 is 17.6 Å². The van der Waals surface area contributed by atoms with Crippen LogP contribution in [0.4, 0.5) is 0 Å². The lowest BCUT2D eigenvalue weighted by atomic mass is 9.94. The van der Waals surface area contributed by atoms with E-state index in [2.05, 4.69) is 10.2 Å². The first kappa shape index (κ1) is 21.1. The Kier molecular flexibility index (Phi) is 6.55. The van der Waals surface area contributed by atoms with Crippen LogP contribution in [0.3, 0.4) is 0 Å². The van der Waals surface area contributed by atoms with Crippen LogP contribution < -0.4 is 5.32 Å². The Morgan fingerprint density at radius 3 is 2.30 bits per heavy atom. The monoisotopic (exact) mass is 431 g/mol. The number of furan rings is 1. The number of piperidine rings is 2. The number of amides is 1. The summed E-state index contributed by atoms with van der Waals surface area (Å²) in [5.41, 5.74) is 0. The molecule has 0 unspecified atom stereocenters. The van der Waals surface area contributed by atoms with E-state index in [1.165, 1.54) is 4.31 Å². The molecule has 2 aliphatic rings. The third kappa shape index (κ3) is 4.94. The van der Waals surface area contributed by atoms with Crippen LogP contribution in [0.1, 0.15) is 31.4 Å². The summed E-state index contributed by atoms with van der Waals surface area (Å²) in [4.78, 5) is 15.4. The number of benzene rings is 1. The van der Waals surface area contributed by atoms with E-state index in [1.54, 1.807) is 30.5 Å². The molecule has 0 saturated carbocycles. The summed E-state index contributed by atoms with van der Waals surface area (Å²) in [5.74, 6) is 1.09. The molecule has 1 aromatic heterocycles. The van der Waals surface area contributed by atoms with Gasteiger partial charge < -0.3 is 9.73 Å². The highest BCUT2D eigenvalue weighted by atomic mass is 32.2. The van der Waals surface area contributed by atoms with Gasteiger partial charge in [-0.15, -0.1) is 0 Å². The highest BCUT2D eigenvalue weighted by Crippen LogP contribution is 2.23. The van der Waals surface area contributed by atoms with Crippen molar-refractivity contribution in [2.75, 3.05) is 26.2 Å². The van der Waals surface area contributed by atoms with Gasteiger partial charge in [0.15, 0.2) is 0 Å². The molecule has 3 heterocycles. The molecule has 0 bridgehead atoms. The molecule has 2 fully saturated rings. The highest BCUT2D eigenvalue weighted by Gasteiger charge is 2.32. The van der Waals surface area contributed by atoms with Gasteiger partial charge in [0.25, 0.3) is 0 Å². The fourth-order valence-corrected chi connectivity index (χ4v) is 5.77. The second-order valence-corrected chi connectivity index (χ2v) is 10.1. The normalized spacial score (nSPS) is 20.3. The number of nitrogens with one attached hydrogen (secondary N) is 1. The smallest absolute Gasteiger partial charge is 0.243 e. The van der Waals surface area contributed by atoms with Crippen LogP contribution in [-0.2, 0) is 21.4 Å². The van der Waals surface area contributed by atoms with Gasteiger partial charge in [0, 0.05) is 25.0 Å². The molecule has 1 N–H and O–H groups in total. The van der Waals surface area contributed by atoms with Gasteiger partial charge in [-0.25, -0.2) is 8.42 Å². The van der Waals surface area contributed by atoms with Gasteiger partial charge in [0.2, 0.25) is 15.9 Å². The Hall–Kier alpha value is -2.16. The predicted molar refractivity (Wildman–Crippen MR) is 113 cm³/mol. The lowest BCUT2D eigenvalue weighted by molar-refractivity contribution is -0.127. The molecule has 2 aromatic rings. The zero-order valence-electron chi connectivity index (χ0n) is 17.1.